The first-order valence-corrected chi connectivity index (χ1v) is 10.2. The summed E-state index contributed by atoms with van der Waals surface area (Å²) in [7, 11) is 0. The smallest absolute Gasteiger partial charge is 0.257 e. The van der Waals surface area contributed by atoms with E-state index in [1.165, 1.54) is 16.9 Å². The van der Waals surface area contributed by atoms with E-state index in [1.54, 1.807) is 36.0 Å². The van der Waals surface area contributed by atoms with Crippen molar-refractivity contribution in [1.82, 2.24) is 10.2 Å². The van der Waals surface area contributed by atoms with Gasteiger partial charge in [-0.1, -0.05) is 41.7 Å². The summed E-state index contributed by atoms with van der Waals surface area (Å²) in [5.41, 5.74) is 1.84. The van der Waals surface area contributed by atoms with Crippen LogP contribution in [0.1, 0.15) is 27.9 Å². The Morgan fingerprint density at radius 1 is 1.08 bits per heavy atom. The molecule has 3 aromatic rings. The number of rotatable bonds is 8. The number of hydrogen-bond acceptors (Lipinski definition) is 6. The van der Waals surface area contributed by atoms with Crippen LogP contribution in [-0.2, 0) is 11.5 Å². The highest BCUT2D eigenvalue weighted by atomic mass is 32.2. The first kappa shape index (κ1) is 18.4. The number of anilines is 1. The Bertz CT molecular complexity index is 836. The molecule has 0 saturated carbocycles. The Balaban J connectivity index is 1.50. The van der Waals surface area contributed by atoms with Crippen molar-refractivity contribution in [2.45, 2.75) is 18.4 Å². The summed E-state index contributed by atoms with van der Waals surface area (Å²) in [5, 5.41) is 12.4. The van der Waals surface area contributed by atoms with Crippen molar-refractivity contribution in [3.63, 3.8) is 0 Å². The molecule has 0 atom stereocenters. The van der Waals surface area contributed by atoms with Gasteiger partial charge >= 0.3 is 0 Å². The van der Waals surface area contributed by atoms with Gasteiger partial charge in [-0.15, -0.1) is 22.0 Å². The highest BCUT2D eigenvalue weighted by molar-refractivity contribution is 7.97. The van der Waals surface area contributed by atoms with Crippen LogP contribution in [0.3, 0.4) is 0 Å². The lowest BCUT2D eigenvalue weighted by molar-refractivity contribution is 0.102. The summed E-state index contributed by atoms with van der Waals surface area (Å²) in [4.78, 5) is 12.3. The number of ether oxygens (including phenoxy) is 1. The molecule has 2 aromatic carbocycles. The lowest BCUT2D eigenvalue weighted by atomic mass is 10.2. The van der Waals surface area contributed by atoms with Gasteiger partial charge in [-0.2, -0.15) is 0 Å². The standard InChI is InChI=1S/C19H19N3O2S2/c1-2-24-16-10-8-15(9-11-16)18(23)20-19-22-21-17(26-19)13-25-12-14-6-4-3-5-7-14/h3-11H,2,12-13H2,1H3,(H,20,22,23). The number of nitrogens with zero attached hydrogens (tertiary/aromatic N) is 2. The maximum Gasteiger partial charge on any atom is 0.257 e. The maximum atomic E-state index is 12.3. The van der Waals surface area contributed by atoms with Crippen molar-refractivity contribution in [3.8, 4) is 5.75 Å². The molecule has 1 heterocycles. The van der Waals surface area contributed by atoms with Crippen LogP contribution in [0.25, 0.3) is 0 Å². The van der Waals surface area contributed by atoms with E-state index in [9.17, 15) is 4.79 Å². The molecular formula is C19H19N3O2S2. The van der Waals surface area contributed by atoms with Crippen molar-refractivity contribution < 1.29 is 9.53 Å². The summed E-state index contributed by atoms with van der Waals surface area (Å²) in [6.45, 7) is 2.52. The van der Waals surface area contributed by atoms with E-state index < -0.39 is 0 Å². The summed E-state index contributed by atoms with van der Waals surface area (Å²) in [6, 6.07) is 17.3. The molecule has 0 aliphatic carbocycles. The van der Waals surface area contributed by atoms with Gasteiger partial charge < -0.3 is 4.74 Å². The fourth-order valence-corrected chi connectivity index (χ4v) is 4.01. The van der Waals surface area contributed by atoms with E-state index in [4.69, 9.17) is 4.74 Å². The monoisotopic (exact) mass is 385 g/mol. The molecule has 0 unspecified atom stereocenters. The molecule has 1 amide bonds. The molecule has 1 aromatic heterocycles. The van der Waals surface area contributed by atoms with E-state index in [0.717, 1.165) is 22.3 Å². The average Bonchev–Trinajstić information content (AvgIpc) is 3.11. The van der Waals surface area contributed by atoms with Crippen molar-refractivity contribution in [1.29, 1.82) is 0 Å². The van der Waals surface area contributed by atoms with Gasteiger partial charge in [0.25, 0.3) is 5.91 Å². The minimum Gasteiger partial charge on any atom is -0.494 e. The molecule has 3 rings (SSSR count). The van der Waals surface area contributed by atoms with Crippen molar-refractivity contribution in [2.75, 3.05) is 11.9 Å². The number of carbonyl (C=O) groups excluding carboxylic acids is 1. The first-order valence-electron chi connectivity index (χ1n) is 8.23. The SMILES string of the molecule is CCOc1ccc(C(=O)Nc2nnc(CSCc3ccccc3)s2)cc1. The predicted molar refractivity (Wildman–Crippen MR) is 107 cm³/mol. The number of thioether (sulfide) groups is 1. The number of benzene rings is 2. The van der Waals surface area contributed by atoms with Crippen LogP contribution in [-0.4, -0.2) is 22.7 Å². The lowest BCUT2D eigenvalue weighted by Gasteiger charge is -2.04. The zero-order valence-electron chi connectivity index (χ0n) is 14.3. The lowest BCUT2D eigenvalue weighted by Crippen LogP contribution is -2.11. The van der Waals surface area contributed by atoms with E-state index in [0.29, 0.717) is 17.3 Å². The first-order chi connectivity index (χ1) is 12.7. The topological polar surface area (TPSA) is 64.1 Å². The highest BCUT2D eigenvalue weighted by Gasteiger charge is 2.10. The van der Waals surface area contributed by atoms with Crippen LogP contribution in [0.15, 0.2) is 54.6 Å². The Kier molecular flexibility index (Phi) is 6.62. The molecule has 0 aliphatic heterocycles. The predicted octanol–water partition coefficient (Wildman–Crippen LogP) is 4.62. The maximum absolute atomic E-state index is 12.3. The second-order valence-corrected chi connectivity index (χ2v) is 7.44. The average molecular weight is 386 g/mol. The molecular weight excluding hydrogens is 366 g/mol. The second-order valence-electron chi connectivity index (χ2n) is 5.39. The summed E-state index contributed by atoms with van der Waals surface area (Å²) in [5.74, 6) is 2.24. The van der Waals surface area contributed by atoms with Gasteiger partial charge in [0.1, 0.15) is 10.8 Å². The van der Waals surface area contributed by atoms with E-state index in [2.05, 4.69) is 27.6 Å². The van der Waals surface area contributed by atoms with Crippen LogP contribution in [0.4, 0.5) is 5.13 Å². The molecule has 0 spiro atoms. The van der Waals surface area contributed by atoms with Gasteiger partial charge in [-0.3, -0.25) is 10.1 Å². The molecule has 0 aliphatic rings. The van der Waals surface area contributed by atoms with E-state index in [1.807, 2.05) is 25.1 Å². The molecule has 0 radical (unpaired) electrons. The Morgan fingerprint density at radius 2 is 1.85 bits per heavy atom. The van der Waals surface area contributed by atoms with Crippen LogP contribution in [0.2, 0.25) is 0 Å². The molecule has 0 saturated heterocycles. The van der Waals surface area contributed by atoms with Gasteiger partial charge in [0.2, 0.25) is 5.13 Å². The number of amides is 1. The number of aromatic nitrogens is 2. The number of hydrogen-bond donors (Lipinski definition) is 1. The molecule has 26 heavy (non-hydrogen) atoms. The van der Waals surface area contributed by atoms with Crippen molar-refractivity contribution in [3.05, 3.63) is 70.7 Å². The van der Waals surface area contributed by atoms with Crippen LogP contribution < -0.4 is 10.1 Å². The molecule has 7 heteroatoms. The second kappa shape index (κ2) is 9.35. The van der Waals surface area contributed by atoms with E-state index >= 15 is 0 Å². The van der Waals surface area contributed by atoms with Gasteiger partial charge in [-0.25, -0.2) is 0 Å². The molecule has 134 valence electrons. The molecule has 1 N–H and O–H groups in total. The van der Waals surface area contributed by atoms with E-state index in [-0.39, 0.29) is 5.91 Å². The quantitative estimate of drug-likeness (QED) is 0.613. The Hall–Kier alpha value is -2.38. The third-order valence-corrected chi connectivity index (χ3v) is 5.49. The molecule has 5 nitrogen and oxygen atoms in total. The minimum absolute atomic E-state index is 0.201. The largest absolute Gasteiger partial charge is 0.494 e. The fraction of sp³-hybridized carbons (Fsp3) is 0.211. The zero-order valence-corrected chi connectivity index (χ0v) is 16.0. The summed E-state index contributed by atoms with van der Waals surface area (Å²) < 4.78 is 5.38. The van der Waals surface area contributed by atoms with Crippen LogP contribution >= 0.6 is 23.1 Å². The molecule has 0 bridgehead atoms. The van der Waals surface area contributed by atoms with Crippen LogP contribution in [0, 0.1) is 0 Å². The zero-order chi connectivity index (χ0) is 18.2. The van der Waals surface area contributed by atoms with Gasteiger partial charge in [-0.05, 0) is 36.8 Å². The van der Waals surface area contributed by atoms with Gasteiger partial charge in [0, 0.05) is 17.1 Å². The summed E-state index contributed by atoms with van der Waals surface area (Å²) >= 11 is 3.18. The fourth-order valence-electron chi connectivity index (χ4n) is 2.23. The third kappa shape index (κ3) is 5.31. The van der Waals surface area contributed by atoms with Crippen molar-refractivity contribution in [2.24, 2.45) is 0 Å². The Labute approximate surface area is 160 Å². The van der Waals surface area contributed by atoms with Crippen molar-refractivity contribution >= 4 is 34.1 Å². The van der Waals surface area contributed by atoms with Gasteiger partial charge in [0.15, 0.2) is 0 Å². The van der Waals surface area contributed by atoms with Crippen LogP contribution in [0.5, 0.6) is 5.75 Å². The highest BCUT2D eigenvalue weighted by Crippen LogP contribution is 2.23. The summed E-state index contributed by atoms with van der Waals surface area (Å²) in [6.07, 6.45) is 0. The normalized spacial score (nSPS) is 10.5. The Morgan fingerprint density at radius 3 is 2.58 bits per heavy atom. The third-order valence-electron chi connectivity index (χ3n) is 3.45. The number of nitrogens with one attached hydrogen (secondary N) is 1. The number of carbonyl (C=O) groups is 1. The molecule has 0 fully saturated rings. The van der Waals surface area contributed by atoms with Gasteiger partial charge in [0.05, 0.1) is 6.61 Å². The minimum atomic E-state index is -0.201.